The Morgan fingerprint density at radius 3 is 1.88 bits per heavy atom. The number of nitrogens with one attached hydrogen (secondary N) is 4. The van der Waals surface area contributed by atoms with E-state index in [1.54, 1.807) is 43.1 Å². The summed E-state index contributed by atoms with van der Waals surface area (Å²) < 4.78 is 0. The SMILES string of the molecule is O=C(Cc1cccnc1)Nc1ncc(-c2ccc(-c3ccc(-c4cnc(C5CCCN5C(=O)[C@H](NC(=O)Cc5cccnc5)c5ccccc5)[nH]4)cc3)cc2)[nH]1. The van der Waals surface area contributed by atoms with Crippen LogP contribution in [0.2, 0.25) is 0 Å². The lowest BCUT2D eigenvalue weighted by molar-refractivity contribution is -0.137. The van der Waals surface area contributed by atoms with Crippen molar-refractivity contribution in [2.45, 2.75) is 37.8 Å². The maximum atomic E-state index is 14.2. The lowest BCUT2D eigenvalue weighted by atomic mass is 10.0. The molecule has 0 saturated carbocycles. The molecule has 5 heterocycles. The van der Waals surface area contributed by atoms with Gasteiger partial charge in [0.2, 0.25) is 23.7 Å². The lowest BCUT2D eigenvalue weighted by Crippen LogP contribution is -2.43. The quantitative estimate of drug-likeness (QED) is 0.106. The van der Waals surface area contributed by atoms with E-state index in [-0.39, 0.29) is 36.6 Å². The summed E-state index contributed by atoms with van der Waals surface area (Å²) in [5.41, 5.74) is 8.00. The summed E-state index contributed by atoms with van der Waals surface area (Å²) in [5, 5.41) is 5.81. The molecule has 56 heavy (non-hydrogen) atoms. The predicted molar refractivity (Wildman–Crippen MR) is 213 cm³/mol. The zero-order valence-electron chi connectivity index (χ0n) is 30.4. The van der Waals surface area contributed by atoms with E-state index in [0.717, 1.165) is 63.2 Å². The second-order valence-electron chi connectivity index (χ2n) is 13.7. The number of pyridine rings is 2. The highest BCUT2D eigenvalue weighted by Gasteiger charge is 2.37. The summed E-state index contributed by atoms with van der Waals surface area (Å²) in [7, 11) is 0. The van der Waals surface area contributed by atoms with Gasteiger partial charge >= 0.3 is 0 Å². The largest absolute Gasteiger partial charge is 0.340 e. The van der Waals surface area contributed by atoms with E-state index in [0.29, 0.717) is 18.3 Å². The number of aromatic nitrogens is 6. The number of benzene rings is 3. The van der Waals surface area contributed by atoms with E-state index >= 15 is 0 Å². The van der Waals surface area contributed by atoms with Gasteiger partial charge in [0.1, 0.15) is 11.9 Å². The fourth-order valence-corrected chi connectivity index (χ4v) is 7.05. The van der Waals surface area contributed by atoms with Crippen LogP contribution in [0.5, 0.6) is 0 Å². The van der Waals surface area contributed by atoms with Crippen LogP contribution in [-0.2, 0) is 27.2 Å². The molecule has 3 amide bonds. The molecule has 4 N–H and O–H groups in total. The Balaban J connectivity index is 0.914. The first-order valence-corrected chi connectivity index (χ1v) is 18.5. The molecule has 1 aliphatic heterocycles. The summed E-state index contributed by atoms with van der Waals surface area (Å²) in [6, 6.07) is 32.0. The van der Waals surface area contributed by atoms with Crippen LogP contribution in [0.25, 0.3) is 33.6 Å². The predicted octanol–water partition coefficient (Wildman–Crippen LogP) is 6.87. The summed E-state index contributed by atoms with van der Waals surface area (Å²) in [4.78, 5) is 65.5. The third kappa shape index (κ3) is 8.29. The number of anilines is 1. The van der Waals surface area contributed by atoms with Gasteiger partial charge in [-0.2, -0.15) is 0 Å². The highest BCUT2D eigenvalue weighted by molar-refractivity contribution is 5.91. The number of nitrogens with zero attached hydrogens (tertiary/aromatic N) is 5. The number of imidazole rings is 2. The van der Waals surface area contributed by atoms with Gasteiger partial charge in [-0.05, 0) is 63.9 Å². The van der Waals surface area contributed by atoms with E-state index in [4.69, 9.17) is 4.98 Å². The minimum Gasteiger partial charge on any atom is -0.340 e. The van der Waals surface area contributed by atoms with Crippen molar-refractivity contribution in [3.05, 3.63) is 163 Å². The molecule has 0 radical (unpaired) electrons. The van der Waals surface area contributed by atoms with Gasteiger partial charge in [0, 0.05) is 31.3 Å². The van der Waals surface area contributed by atoms with Crippen molar-refractivity contribution in [2.24, 2.45) is 0 Å². The van der Waals surface area contributed by atoms with Crippen molar-refractivity contribution >= 4 is 23.7 Å². The highest BCUT2D eigenvalue weighted by atomic mass is 16.2. The molecule has 1 unspecified atom stereocenters. The van der Waals surface area contributed by atoms with Crippen LogP contribution in [0, 0.1) is 0 Å². The van der Waals surface area contributed by atoms with Crippen LogP contribution >= 0.6 is 0 Å². The smallest absolute Gasteiger partial charge is 0.250 e. The number of carbonyl (C=O) groups is 3. The van der Waals surface area contributed by atoms with Gasteiger partial charge in [0.15, 0.2) is 0 Å². The van der Waals surface area contributed by atoms with E-state index < -0.39 is 6.04 Å². The number of aromatic amines is 2. The van der Waals surface area contributed by atoms with Gasteiger partial charge in [-0.25, -0.2) is 9.97 Å². The van der Waals surface area contributed by atoms with Gasteiger partial charge in [-0.3, -0.25) is 29.7 Å². The Labute approximate surface area is 323 Å². The molecule has 8 rings (SSSR count). The minimum atomic E-state index is -0.829. The van der Waals surface area contributed by atoms with Gasteiger partial charge in [-0.15, -0.1) is 0 Å². The molecule has 1 aliphatic rings. The first-order valence-electron chi connectivity index (χ1n) is 18.5. The normalized spacial score (nSPS) is 14.3. The third-order valence-electron chi connectivity index (χ3n) is 9.87. The Hall–Kier alpha value is -7.21. The van der Waals surface area contributed by atoms with E-state index in [1.807, 2.05) is 65.7 Å². The first-order chi connectivity index (χ1) is 27.5. The molecule has 3 aromatic carbocycles. The summed E-state index contributed by atoms with van der Waals surface area (Å²) >= 11 is 0. The van der Waals surface area contributed by atoms with Gasteiger partial charge in [-0.1, -0.05) is 91.0 Å². The zero-order valence-corrected chi connectivity index (χ0v) is 30.4. The summed E-state index contributed by atoms with van der Waals surface area (Å²) in [6.07, 6.45) is 12.1. The van der Waals surface area contributed by atoms with Gasteiger partial charge < -0.3 is 20.2 Å². The van der Waals surface area contributed by atoms with Crippen molar-refractivity contribution in [1.82, 2.24) is 40.1 Å². The van der Waals surface area contributed by atoms with Crippen LogP contribution in [0.15, 0.2) is 140 Å². The topological polar surface area (TPSA) is 162 Å². The molecule has 4 aromatic heterocycles. The molecule has 0 spiro atoms. The Morgan fingerprint density at radius 1 is 0.661 bits per heavy atom. The van der Waals surface area contributed by atoms with Crippen molar-refractivity contribution in [2.75, 3.05) is 11.9 Å². The van der Waals surface area contributed by atoms with Crippen LogP contribution in [0.1, 0.15) is 47.4 Å². The average molecular weight is 742 g/mol. The molecule has 1 fully saturated rings. The maximum Gasteiger partial charge on any atom is 0.250 e. The number of hydrogen-bond donors (Lipinski definition) is 4. The Kier molecular flexibility index (Phi) is 10.5. The molecule has 7 aromatic rings. The average Bonchev–Trinajstić information content (AvgIpc) is 4.03. The van der Waals surface area contributed by atoms with Gasteiger partial charge in [0.05, 0.1) is 42.7 Å². The van der Waals surface area contributed by atoms with E-state index in [2.05, 4.69) is 72.0 Å². The summed E-state index contributed by atoms with van der Waals surface area (Å²) in [6.45, 7) is 0.569. The van der Waals surface area contributed by atoms with Gasteiger partial charge in [0.25, 0.3) is 0 Å². The number of likely N-dealkylation sites (tertiary alicyclic amines) is 1. The molecule has 12 nitrogen and oxygen atoms in total. The maximum absolute atomic E-state index is 14.2. The third-order valence-corrected chi connectivity index (χ3v) is 9.87. The fourth-order valence-electron chi connectivity index (χ4n) is 7.05. The highest BCUT2D eigenvalue weighted by Crippen LogP contribution is 2.34. The molecule has 1 saturated heterocycles. The van der Waals surface area contributed by atoms with E-state index in [9.17, 15) is 14.4 Å². The molecule has 0 bridgehead atoms. The Morgan fingerprint density at radius 2 is 1.25 bits per heavy atom. The zero-order chi connectivity index (χ0) is 38.3. The molecule has 12 heteroatoms. The van der Waals surface area contributed by atoms with Crippen LogP contribution in [-0.4, -0.2) is 59.1 Å². The number of amides is 3. The standard InChI is InChI=1S/C44H39N9O3/c54-39(23-29-7-4-20-45-25-29)51-41(35-9-2-1-3-10-35)43(56)53-22-6-11-38(53)42-47-27-36(49-42)33-16-12-31(13-17-33)32-14-18-34(19-15-32)37-28-48-44(50-37)52-40(55)24-30-8-5-21-46-26-30/h1-5,7-10,12-21,25-28,38,41H,6,11,22-24H2,(H,47,49)(H,51,54)(H2,48,50,52,55)/t38?,41-/m1/s1. The summed E-state index contributed by atoms with van der Waals surface area (Å²) in [5.74, 6) is 0.520. The Bertz CT molecular complexity index is 2410. The second-order valence-corrected chi connectivity index (χ2v) is 13.7. The second kappa shape index (κ2) is 16.4. The van der Waals surface area contributed by atoms with E-state index in [1.165, 1.54) is 0 Å². The van der Waals surface area contributed by atoms with Crippen molar-refractivity contribution in [1.29, 1.82) is 0 Å². The van der Waals surface area contributed by atoms with Crippen molar-refractivity contribution in [3.8, 4) is 33.6 Å². The molecular formula is C44H39N9O3. The molecular weight excluding hydrogens is 703 g/mol. The number of H-pyrrole nitrogens is 2. The molecule has 2 atom stereocenters. The van der Waals surface area contributed by atoms with Crippen molar-refractivity contribution in [3.63, 3.8) is 0 Å². The van der Waals surface area contributed by atoms with Crippen LogP contribution < -0.4 is 10.6 Å². The lowest BCUT2D eigenvalue weighted by Gasteiger charge is -2.28. The fraction of sp³-hybridized carbons (Fsp3) is 0.159. The number of hydrogen-bond acceptors (Lipinski definition) is 7. The molecule has 278 valence electrons. The first kappa shape index (κ1) is 35.8. The molecule has 0 aliphatic carbocycles. The van der Waals surface area contributed by atoms with Crippen molar-refractivity contribution < 1.29 is 14.4 Å². The van der Waals surface area contributed by atoms with Crippen LogP contribution in [0.3, 0.4) is 0 Å². The monoisotopic (exact) mass is 741 g/mol. The van der Waals surface area contributed by atoms with Crippen LogP contribution in [0.4, 0.5) is 5.95 Å². The number of carbonyl (C=O) groups excluding carboxylic acids is 3. The number of rotatable bonds is 12. The minimum absolute atomic E-state index is 0.127.